The van der Waals surface area contributed by atoms with Crippen LogP contribution < -0.4 is 0 Å². The number of hydrogen-bond acceptors (Lipinski definition) is 2. The minimum absolute atomic E-state index is 0.536. The van der Waals surface area contributed by atoms with Crippen molar-refractivity contribution in [3.8, 4) is 0 Å². The van der Waals surface area contributed by atoms with Crippen LogP contribution in [0.1, 0.15) is 42.2 Å². The number of imidazole rings is 1. The van der Waals surface area contributed by atoms with E-state index in [1.54, 1.807) is 11.3 Å². The van der Waals surface area contributed by atoms with E-state index in [-0.39, 0.29) is 0 Å². The second-order valence-corrected chi connectivity index (χ2v) is 6.02. The smallest absolute Gasteiger partial charge is 0.150 e. The summed E-state index contributed by atoms with van der Waals surface area (Å²) in [6, 6.07) is 4.78. The van der Waals surface area contributed by atoms with Gasteiger partial charge >= 0.3 is 0 Å². The van der Waals surface area contributed by atoms with Gasteiger partial charge < -0.3 is 4.57 Å². The summed E-state index contributed by atoms with van der Waals surface area (Å²) in [5.41, 5.74) is 1.23. The molecule has 3 rings (SSSR count). The normalized spacial score (nSPS) is 19.3. The van der Waals surface area contributed by atoms with E-state index in [0.717, 1.165) is 18.7 Å². The molecule has 2 nitrogen and oxygen atoms in total. The lowest BCUT2D eigenvalue weighted by Gasteiger charge is -2.24. The van der Waals surface area contributed by atoms with E-state index in [1.807, 2.05) is 0 Å². The Balaban J connectivity index is 2.00. The highest BCUT2D eigenvalue weighted by molar-refractivity contribution is 7.09. The molecule has 1 aliphatic heterocycles. The second-order valence-electron chi connectivity index (χ2n) is 4.63. The van der Waals surface area contributed by atoms with Crippen molar-refractivity contribution in [3.63, 3.8) is 0 Å². The largest absolute Gasteiger partial charge is 0.327 e. The molecule has 90 valence electrons. The average Bonchev–Trinajstić information content (AvgIpc) is 2.90. The summed E-state index contributed by atoms with van der Waals surface area (Å²) in [5.74, 6) is 1.12. The first-order valence-electron chi connectivity index (χ1n) is 6.03. The Bertz CT molecular complexity index is 516. The minimum Gasteiger partial charge on any atom is -0.327 e. The molecule has 0 aliphatic carbocycles. The van der Waals surface area contributed by atoms with Crippen molar-refractivity contribution in [1.29, 1.82) is 0 Å². The SMILES string of the molecule is CC1CCCc2c(Cl)nc(Cc3cccs3)n21. The zero-order valence-electron chi connectivity index (χ0n) is 9.82. The molecule has 0 aromatic carbocycles. The predicted octanol–water partition coefficient (Wildman–Crippen LogP) is 4.09. The maximum atomic E-state index is 6.24. The molecule has 2 aromatic heterocycles. The highest BCUT2D eigenvalue weighted by Crippen LogP contribution is 2.32. The maximum Gasteiger partial charge on any atom is 0.150 e. The van der Waals surface area contributed by atoms with E-state index in [9.17, 15) is 0 Å². The molecule has 0 spiro atoms. The predicted molar refractivity (Wildman–Crippen MR) is 72.0 cm³/mol. The van der Waals surface area contributed by atoms with Crippen molar-refractivity contribution in [1.82, 2.24) is 9.55 Å². The Morgan fingerprint density at radius 2 is 2.47 bits per heavy atom. The summed E-state index contributed by atoms with van der Waals surface area (Å²) < 4.78 is 2.35. The third kappa shape index (κ3) is 2.02. The monoisotopic (exact) mass is 266 g/mol. The first kappa shape index (κ1) is 11.3. The molecule has 1 atom stereocenters. The lowest BCUT2D eigenvalue weighted by Crippen LogP contribution is -2.17. The third-order valence-corrected chi connectivity index (χ3v) is 4.60. The topological polar surface area (TPSA) is 17.8 Å². The fourth-order valence-electron chi connectivity index (χ4n) is 2.62. The van der Waals surface area contributed by atoms with Crippen LogP contribution in [-0.2, 0) is 12.8 Å². The Labute approximate surface area is 110 Å². The number of nitrogens with zero attached hydrogens (tertiary/aromatic N) is 2. The minimum atomic E-state index is 0.536. The van der Waals surface area contributed by atoms with Crippen LogP contribution in [0.15, 0.2) is 17.5 Å². The first-order chi connectivity index (χ1) is 8.25. The van der Waals surface area contributed by atoms with Crippen LogP contribution in [0.25, 0.3) is 0 Å². The van der Waals surface area contributed by atoms with Crippen molar-refractivity contribution < 1.29 is 0 Å². The molecule has 3 heterocycles. The number of thiophene rings is 1. The summed E-state index contributed by atoms with van der Waals surface area (Å²) in [6.45, 7) is 2.26. The van der Waals surface area contributed by atoms with Crippen LogP contribution in [0.2, 0.25) is 5.15 Å². The molecule has 0 bridgehead atoms. The fraction of sp³-hybridized carbons (Fsp3) is 0.462. The molecule has 0 saturated heterocycles. The molecule has 0 radical (unpaired) electrons. The number of aromatic nitrogens is 2. The molecule has 4 heteroatoms. The van der Waals surface area contributed by atoms with E-state index in [1.165, 1.54) is 23.4 Å². The van der Waals surface area contributed by atoms with E-state index < -0.39 is 0 Å². The van der Waals surface area contributed by atoms with Crippen LogP contribution in [-0.4, -0.2) is 9.55 Å². The molecule has 0 N–H and O–H groups in total. The van der Waals surface area contributed by atoms with Crippen LogP contribution in [0, 0.1) is 0 Å². The Hall–Kier alpha value is -0.800. The fourth-order valence-corrected chi connectivity index (χ4v) is 3.60. The highest BCUT2D eigenvalue weighted by Gasteiger charge is 2.23. The maximum absolute atomic E-state index is 6.24. The Kier molecular flexibility index (Phi) is 2.97. The zero-order chi connectivity index (χ0) is 11.8. The lowest BCUT2D eigenvalue weighted by atomic mass is 10.0. The summed E-state index contributed by atoms with van der Waals surface area (Å²) >= 11 is 8.02. The number of rotatable bonds is 2. The van der Waals surface area contributed by atoms with Gasteiger partial charge in [0.15, 0.2) is 5.15 Å². The van der Waals surface area contributed by atoms with Gasteiger partial charge in [-0.25, -0.2) is 4.98 Å². The Morgan fingerprint density at radius 1 is 1.59 bits per heavy atom. The third-order valence-electron chi connectivity index (χ3n) is 3.42. The lowest BCUT2D eigenvalue weighted by molar-refractivity contribution is 0.421. The molecule has 2 aromatic rings. The molecule has 0 amide bonds. The van der Waals surface area contributed by atoms with Gasteiger partial charge in [-0.1, -0.05) is 17.7 Å². The van der Waals surface area contributed by atoms with Gasteiger partial charge in [0.1, 0.15) is 5.82 Å². The van der Waals surface area contributed by atoms with Gasteiger partial charge in [0.25, 0.3) is 0 Å². The summed E-state index contributed by atoms with van der Waals surface area (Å²) in [4.78, 5) is 5.91. The van der Waals surface area contributed by atoms with Gasteiger partial charge in [-0.2, -0.15) is 0 Å². The van der Waals surface area contributed by atoms with Crippen molar-refractivity contribution in [2.24, 2.45) is 0 Å². The zero-order valence-corrected chi connectivity index (χ0v) is 11.4. The summed E-state index contributed by atoms with van der Waals surface area (Å²) in [5, 5.41) is 2.82. The standard InChI is InChI=1S/C13H15ClN2S/c1-9-4-2-6-11-13(14)15-12(16(9)11)8-10-5-3-7-17-10/h3,5,7,9H,2,4,6,8H2,1H3. The number of hydrogen-bond donors (Lipinski definition) is 0. The quantitative estimate of drug-likeness (QED) is 0.801. The van der Waals surface area contributed by atoms with Crippen LogP contribution >= 0.6 is 22.9 Å². The summed E-state index contributed by atoms with van der Waals surface area (Å²) in [7, 11) is 0. The van der Waals surface area contributed by atoms with E-state index in [2.05, 4.69) is 34.0 Å². The first-order valence-corrected chi connectivity index (χ1v) is 7.29. The van der Waals surface area contributed by atoms with Gasteiger partial charge in [0, 0.05) is 17.3 Å². The van der Waals surface area contributed by atoms with Crippen LogP contribution in [0.4, 0.5) is 0 Å². The van der Waals surface area contributed by atoms with Gasteiger partial charge in [0.05, 0.1) is 5.69 Å². The van der Waals surface area contributed by atoms with Crippen molar-refractivity contribution in [3.05, 3.63) is 39.1 Å². The average molecular weight is 267 g/mol. The van der Waals surface area contributed by atoms with E-state index in [4.69, 9.17) is 11.6 Å². The second kappa shape index (κ2) is 4.46. The molecular formula is C13H15ClN2S. The van der Waals surface area contributed by atoms with E-state index in [0.29, 0.717) is 11.2 Å². The van der Waals surface area contributed by atoms with Crippen molar-refractivity contribution in [2.75, 3.05) is 0 Å². The molecule has 1 aliphatic rings. The van der Waals surface area contributed by atoms with Gasteiger partial charge in [-0.15, -0.1) is 11.3 Å². The molecule has 1 unspecified atom stereocenters. The number of fused-ring (bicyclic) bond motifs is 1. The van der Waals surface area contributed by atoms with Crippen LogP contribution in [0.5, 0.6) is 0 Å². The van der Waals surface area contributed by atoms with Gasteiger partial charge in [-0.05, 0) is 37.6 Å². The van der Waals surface area contributed by atoms with Gasteiger partial charge in [0.2, 0.25) is 0 Å². The molecular weight excluding hydrogens is 252 g/mol. The highest BCUT2D eigenvalue weighted by atomic mass is 35.5. The van der Waals surface area contributed by atoms with Gasteiger partial charge in [-0.3, -0.25) is 0 Å². The van der Waals surface area contributed by atoms with Crippen LogP contribution in [0.3, 0.4) is 0 Å². The van der Waals surface area contributed by atoms with Crippen molar-refractivity contribution in [2.45, 2.75) is 38.6 Å². The Morgan fingerprint density at radius 3 is 3.24 bits per heavy atom. The summed E-state index contributed by atoms with van der Waals surface area (Å²) in [6.07, 6.45) is 4.44. The van der Waals surface area contributed by atoms with E-state index >= 15 is 0 Å². The molecule has 0 saturated carbocycles. The number of halogens is 1. The molecule has 0 fully saturated rings. The molecule has 17 heavy (non-hydrogen) atoms. The van der Waals surface area contributed by atoms with Crippen molar-refractivity contribution >= 4 is 22.9 Å².